The molecule has 2 aliphatic heterocycles. The van der Waals surface area contributed by atoms with Crippen LogP contribution in [0.1, 0.15) is 55.0 Å². The van der Waals surface area contributed by atoms with E-state index in [1.165, 1.54) is 12.0 Å². The summed E-state index contributed by atoms with van der Waals surface area (Å²) in [6, 6.07) is 20.4. The smallest absolute Gasteiger partial charge is 0.174 e. The number of aromatic nitrogens is 3. The highest BCUT2D eigenvalue weighted by molar-refractivity contribution is 7.80. The number of anilines is 2. The minimum atomic E-state index is -0.131. The first-order valence-corrected chi connectivity index (χ1v) is 14.8. The molecule has 0 amide bonds. The van der Waals surface area contributed by atoms with Gasteiger partial charge in [0.15, 0.2) is 5.11 Å². The molecule has 6 nitrogen and oxygen atoms in total. The van der Waals surface area contributed by atoms with Gasteiger partial charge in [-0.25, -0.2) is 4.98 Å². The van der Waals surface area contributed by atoms with Crippen LogP contribution in [0, 0.1) is 25.7 Å². The topological polar surface area (TPSA) is 49.2 Å². The quantitative estimate of drug-likeness (QED) is 0.256. The van der Waals surface area contributed by atoms with E-state index in [0.29, 0.717) is 16.9 Å². The molecule has 0 saturated carbocycles. The van der Waals surface area contributed by atoms with Gasteiger partial charge in [0.2, 0.25) is 0 Å². The number of thiocarbonyl (C=S) groups is 1. The Morgan fingerprint density at radius 1 is 0.925 bits per heavy atom. The number of aryl methyl sites for hydroxylation is 1. The molecular weight excluding hydrogens is 536 g/mol. The average molecular weight is 571 g/mol. The van der Waals surface area contributed by atoms with Crippen molar-refractivity contribution in [2.24, 2.45) is 11.8 Å². The number of nitrogens with zero attached hydrogens (tertiary/aromatic N) is 5. The number of hydrogen-bond donors (Lipinski definition) is 1. The molecule has 1 aromatic carbocycles. The van der Waals surface area contributed by atoms with Crippen molar-refractivity contribution in [1.82, 2.24) is 19.9 Å². The summed E-state index contributed by atoms with van der Waals surface area (Å²) in [4.78, 5) is 14.0. The average Bonchev–Trinajstić information content (AvgIpc) is 3.43. The summed E-state index contributed by atoms with van der Waals surface area (Å²) >= 11 is 13.0. The fourth-order valence-corrected chi connectivity index (χ4v) is 7.28. The highest BCUT2D eigenvalue weighted by atomic mass is 35.5. The number of benzene rings is 1. The van der Waals surface area contributed by atoms with E-state index in [4.69, 9.17) is 28.8 Å². The molecule has 4 atom stereocenters. The van der Waals surface area contributed by atoms with Gasteiger partial charge in [-0.05, 0) is 98.4 Å². The Morgan fingerprint density at radius 2 is 1.65 bits per heavy atom. The molecule has 4 unspecified atom stereocenters. The zero-order chi connectivity index (χ0) is 28.0. The fourth-order valence-electron chi connectivity index (χ4n) is 6.64. The SMILES string of the molecule is Cc1cc(C2C(c3ccccn3)NC(=S)N2c2ccc(N3CC(C)CC(C)C3)c(Cl)c2)c(C)n1-c1ccccn1. The summed E-state index contributed by atoms with van der Waals surface area (Å²) in [5.74, 6) is 2.19. The van der Waals surface area contributed by atoms with Gasteiger partial charge in [0.05, 0.1) is 28.5 Å². The molecule has 2 aliphatic rings. The third-order valence-electron chi connectivity index (χ3n) is 8.18. The molecule has 8 heteroatoms. The van der Waals surface area contributed by atoms with Crippen molar-refractivity contribution in [3.05, 3.63) is 101 Å². The van der Waals surface area contributed by atoms with Crippen LogP contribution in [-0.4, -0.2) is 32.7 Å². The number of rotatable bonds is 5. The molecule has 40 heavy (non-hydrogen) atoms. The lowest BCUT2D eigenvalue weighted by Gasteiger charge is -2.37. The van der Waals surface area contributed by atoms with Crippen LogP contribution < -0.4 is 15.1 Å². The largest absolute Gasteiger partial charge is 0.370 e. The predicted molar refractivity (Wildman–Crippen MR) is 168 cm³/mol. The molecule has 0 spiro atoms. The molecule has 2 fully saturated rings. The fraction of sp³-hybridized carbons (Fsp3) is 0.344. The number of halogens is 1. The van der Waals surface area contributed by atoms with Crippen LogP contribution in [0.15, 0.2) is 73.1 Å². The zero-order valence-corrected chi connectivity index (χ0v) is 25.0. The van der Waals surface area contributed by atoms with Crippen LogP contribution in [0.4, 0.5) is 11.4 Å². The van der Waals surface area contributed by atoms with E-state index in [1.807, 2.05) is 42.7 Å². The molecule has 1 N–H and O–H groups in total. The molecule has 6 rings (SSSR count). The molecule has 3 aromatic heterocycles. The number of pyridine rings is 2. The highest BCUT2D eigenvalue weighted by Gasteiger charge is 2.42. The second-order valence-corrected chi connectivity index (χ2v) is 12.1. The van der Waals surface area contributed by atoms with Crippen molar-refractivity contribution in [1.29, 1.82) is 0 Å². The van der Waals surface area contributed by atoms with Crippen molar-refractivity contribution in [3.63, 3.8) is 0 Å². The molecule has 0 aliphatic carbocycles. The van der Waals surface area contributed by atoms with Crippen molar-refractivity contribution in [2.45, 2.75) is 46.2 Å². The third-order valence-corrected chi connectivity index (χ3v) is 8.80. The van der Waals surface area contributed by atoms with Crippen LogP contribution in [0.2, 0.25) is 5.02 Å². The molecule has 5 heterocycles. The minimum Gasteiger partial charge on any atom is -0.370 e. The number of piperidine rings is 1. The second kappa shape index (κ2) is 10.9. The summed E-state index contributed by atoms with van der Waals surface area (Å²) in [7, 11) is 0. The van der Waals surface area contributed by atoms with Crippen molar-refractivity contribution in [2.75, 3.05) is 22.9 Å². The van der Waals surface area contributed by atoms with E-state index >= 15 is 0 Å². The zero-order valence-electron chi connectivity index (χ0n) is 23.4. The summed E-state index contributed by atoms with van der Waals surface area (Å²) in [5.41, 5.74) is 6.41. The van der Waals surface area contributed by atoms with Gasteiger partial charge in [0.25, 0.3) is 0 Å². The van der Waals surface area contributed by atoms with E-state index in [9.17, 15) is 0 Å². The second-order valence-electron chi connectivity index (χ2n) is 11.3. The molecule has 206 valence electrons. The first-order valence-electron chi connectivity index (χ1n) is 14.0. The van der Waals surface area contributed by atoms with Crippen LogP contribution in [0.5, 0.6) is 0 Å². The van der Waals surface area contributed by atoms with Crippen LogP contribution >= 0.6 is 23.8 Å². The van der Waals surface area contributed by atoms with Gasteiger partial charge in [-0.1, -0.05) is 37.6 Å². The summed E-state index contributed by atoms with van der Waals surface area (Å²) in [5, 5.41) is 5.00. The summed E-state index contributed by atoms with van der Waals surface area (Å²) in [6.07, 6.45) is 4.92. The van der Waals surface area contributed by atoms with E-state index < -0.39 is 0 Å². The van der Waals surface area contributed by atoms with Gasteiger partial charge in [-0.2, -0.15) is 0 Å². The Hall–Kier alpha value is -3.42. The first kappa shape index (κ1) is 26.8. The number of nitrogens with one attached hydrogen (secondary N) is 1. The van der Waals surface area contributed by atoms with Crippen LogP contribution in [0.3, 0.4) is 0 Å². The monoisotopic (exact) mass is 570 g/mol. The third kappa shape index (κ3) is 4.86. The maximum atomic E-state index is 7.02. The van der Waals surface area contributed by atoms with E-state index in [-0.39, 0.29) is 12.1 Å². The van der Waals surface area contributed by atoms with E-state index in [1.54, 1.807) is 0 Å². The Morgan fingerprint density at radius 3 is 2.30 bits per heavy atom. The molecule has 0 bridgehead atoms. The van der Waals surface area contributed by atoms with Gasteiger partial charge >= 0.3 is 0 Å². The summed E-state index contributed by atoms with van der Waals surface area (Å²) < 4.78 is 2.21. The van der Waals surface area contributed by atoms with E-state index in [2.05, 4.69) is 82.7 Å². The predicted octanol–water partition coefficient (Wildman–Crippen LogP) is 7.20. The van der Waals surface area contributed by atoms with Gasteiger partial charge in [-0.15, -0.1) is 0 Å². The maximum Gasteiger partial charge on any atom is 0.174 e. The van der Waals surface area contributed by atoms with Gasteiger partial charge in [0.1, 0.15) is 5.82 Å². The Bertz CT molecular complexity index is 1510. The van der Waals surface area contributed by atoms with Crippen molar-refractivity contribution < 1.29 is 0 Å². The Labute approximate surface area is 247 Å². The lowest BCUT2D eigenvalue weighted by molar-refractivity contribution is 0.357. The van der Waals surface area contributed by atoms with Gasteiger partial charge in [0, 0.05) is 42.6 Å². The lowest BCUT2D eigenvalue weighted by atomic mass is 9.91. The lowest BCUT2D eigenvalue weighted by Crippen LogP contribution is -2.38. The van der Waals surface area contributed by atoms with Crippen molar-refractivity contribution >= 4 is 40.3 Å². The molecular formula is C32H35ClN6S. The Balaban J connectivity index is 1.44. The highest BCUT2D eigenvalue weighted by Crippen LogP contribution is 2.45. The molecule has 4 aromatic rings. The molecule has 0 radical (unpaired) electrons. The van der Waals surface area contributed by atoms with E-state index in [0.717, 1.165) is 52.4 Å². The standard InChI is InChI=1S/C32H35ClN6S/c1-20-15-21(2)19-37(18-20)28-12-11-24(17-26(28)33)39-31(30(36-32(39)40)27-9-5-7-13-34-27)25-16-22(3)38(23(25)4)29-10-6-8-14-35-29/h5-14,16-17,20-21,30-31H,15,18-19H2,1-4H3,(H,36,40). The van der Waals surface area contributed by atoms with Crippen LogP contribution in [0.25, 0.3) is 5.82 Å². The minimum absolute atomic E-state index is 0.122. The molecule has 2 saturated heterocycles. The maximum absolute atomic E-state index is 7.02. The first-order chi connectivity index (χ1) is 19.3. The Kier molecular flexibility index (Phi) is 7.27. The number of hydrogen-bond acceptors (Lipinski definition) is 4. The van der Waals surface area contributed by atoms with Gasteiger partial charge < -0.3 is 19.7 Å². The normalized spacial score (nSPS) is 23.0. The summed E-state index contributed by atoms with van der Waals surface area (Å²) in [6.45, 7) is 11.0. The van der Waals surface area contributed by atoms with Crippen LogP contribution in [-0.2, 0) is 0 Å². The van der Waals surface area contributed by atoms with Gasteiger partial charge in [-0.3, -0.25) is 4.98 Å². The van der Waals surface area contributed by atoms with Crippen molar-refractivity contribution in [3.8, 4) is 5.82 Å².